The number of rotatable bonds is 7. The quantitative estimate of drug-likeness (QED) is 0.398. The van der Waals surface area contributed by atoms with Crippen LogP contribution in [0.3, 0.4) is 0 Å². The van der Waals surface area contributed by atoms with E-state index in [0.717, 1.165) is 23.4 Å². The molecule has 2 amide bonds. The SMILES string of the molecule is COc1ccc(C=C2N=C(SCC(=O)Nc3ccccc3OC(F)(F)F)N(c3ccccc3)C2=O)cc1. The monoisotopic (exact) mass is 527 g/mol. The number of nitrogens with one attached hydrogen (secondary N) is 1. The Balaban J connectivity index is 1.53. The maximum atomic E-state index is 13.2. The van der Waals surface area contributed by atoms with Crippen LogP contribution in [0, 0.1) is 0 Å². The van der Waals surface area contributed by atoms with Crippen molar-refractivity contribution in [2.45, 2.75) is 6.36 Å². The second kappa shape index (κ2) is 11.2. The Bertz CT molecular complexity index is 1340. The number of benzene rings is 3. The number of amides is 2. The highest BCUT2D eigenvalue weighted by molar-refractivity contribution is 8.14. The van der Waals surface area contributed by atoms with E-state index in [1.54, 1.807) is 67.8 Å². The topological polar surface area (TPSA) is 80.2 Å². The number of amidine groups is 1. The number of ether oxygens (including phenoxy) is 2. The van der Waals surface area contributed by atoms with Gasteiger partial charge in [0.1, 0.15) is 11.4 Å². The Labute approximate surface area is 214 Å². The molecule has 3 aromatic rings. The van der Waals surface area contributed by atoms with Crippen LogP contribution in [0.2, 0.25) is 0 Å². The van der Waals surface area contributed by atoms with Crippen molar-refractivity contribution in [3.05, 3.63) is 90.1 Å². The molecule has 0 radical (unpaired) electrons. The molecule has 1 N–H and O–H groups in total. The second-order valence-electron chi connectivity index (χ2n) is 7.55. The van der Waals surface area contributed by atoms with Crippen LogP contribution in [-0.4, -0.2) is 36.2 Å². The maximum absolute atomic E-state index is 13.2. The van der Waals surface area contributed by atoms with Crippen molar-refractivity contribution in [3.63, 3.8) is 0 Å². The van der Waals surface area contributed by atoms with Crippen molar-refractivity contribution in [1.29, 1.82) is 0 Å². The summed E-state index contributed by atoms with van der Waals surface area (Å²) in [5.74, 6) is -1.06. The van der Waals surface area contributed by atoms with Gasteiger partial charge in [0.2, 0.25) is 5.91 Å². The molecule has 0 fully saturated rings. The number of halogens is 3. The van der Waals surface area contributed by atoms with Gasteiger partial charge in [0.15, 0.2) is 10.9 Å². The summed E-state index contributed by atoms with van der Waals surface area (Å²) in [6.07, 6.45) is -3.28. The molecule has 37 heavy (non-hydrogen) atoms. The first kappa shape index (κ1) is 25.8. The fourth-order valence-electron chi connectivity index (χ4n) is 3.36. The third-order valence-corrected chi connectivity index (χ3v) is 5.92. The highest BCUT2D eigenvalue weighted by Gasteiger charge is 2.33. The van der Waals surface area contributed by atoms with Crippen LogP contribution < -0.4 is 19.7 Å². The van der Waals surface area contributed by atoms with E-state index in [2.05, 4.69) is 15.0 Å². The minimum absolute atomic E-state index is 0.130. The number of hydrogen-bond acceptors (Lipinski definition) is 6. The van der Waals surface area contributed by atoms with Gasteiger partial charge in [-0.1, -0.05) is 54.2 Å². The predicted molar refractivity (Wildman–Crippen MR) is 137 cm³/mol. The van der Waals surface area contributed by atoms with Gasteiger partial charge in [0, 0.05) is 0 Å². The van der Waals surface area contributed by atoms with Crippen molar-refractivity contribution in [3.8, 4) is 11.5 Å². The molecule has 190 valence electrons. The third-order valence-electron chi connectivity index (χ3n) is 4.98. The van der Waals surface area contributed by atoms with E-state index in [4.69, 9.17) is 4.74 Å². The van der Waals surface area contributed by atoms with Gasteiger partial charge < -0.3 is 14.8 Å². The van der Waals surface area contributed by atoms with E-state index in [1.165, 1.54) is 23.1 Å². The molecule has 1 aliphatic rings. The Hall–Kier alpha value is -4.25. The normalized spacial score (nSPS) is 14.5. The summed E-state index contributed by atoms with van der Waals surface area (Å²) in [6, 6.07) is 21.1. The van der Waals surface area contributed by atoms with E-state index in [1.807, 2.05) is 0 Å². The highest BCUT2D eigenvalue weighted by Crippen LogP contribution is 2.32. The number of carbonyl (C=O) groups excluding carboxylic acids is 2. The van der Waals surface area contributed by atoms with Crippen molar-refractivity contribution in [2.75, 3.05) is 23.1 Å². The molecule has 0 bridgehead atoms. The second-order valence-corrected chi connectivity index (χ2v) is 8.50. The summed E-state index contributed by atoms with van der Waals surface area (Å²) in [5, 5.41) is 2.67. The predicted octanol–water partition coefficient (Wildman–Crippen LogP) is 5.71. The number of methoxy groups -OCH3 is 1. The zero-order valence-corrected chi connectivity index (χ0v) is 20.2. The van der Waals surface area contributed by atoms with Gasteiger partial charge in [0.05, 0.1) is 24.2 Å². The number of carbonyl (C=O) groups is 2. The number of hydrogen-bond donors (Lipinski definition) is 1. The van der Waals surface area contributed by atoms with E-state index in [-0.39, 0.29) is 28.2 Å². The first-order valence-electron chi connectivity index (χ1n) is 10.8. The Morgan fingerprint density at radius 1 is 1.03 bits per heavy atom. The summed E-state index contributed by atoms with van der Waals surface area (Å²) in [6.45, 7) is 0. The Morgan fingerprint density at radius 2 is 1.70 bits per heavy atom. The molecule has 0 unspecified atom stereocenters. The molecule has 3 aromatic carbocycles. The molecule has 1 aliphatic heterocycles. The van der Waals surface area contributed by atoms with Gasteiger partial charge in [-0.25, -0.2) is 4.99 Å². The zero-order chi connectivity index (χ0) is 26.4. The largest absolute Gasteiger partial charge is 0.573 e. The van der Waals surface area contributed by atoms with Gasteiger partial charge >= 0.3 is 6.36 Å². The minimum Gasteiger partial charge on any atom is -0.497 e. The fraction of sp³-hybridized carbons (Fsp3) is 0.115. The summed E-state index contributed by atoms with van der Waals surface area (Å²) in [4.78, 5) is 31.7. The number of alkyl halides is 3. The Morgan fingerprint density at radius 3 is 2.38 bits per heavy atom. The van der Waals surface area contributed by atoms with E-state index < -0.39 is 18.0 Å². The smallest absolute Gasteiger partial charge is 0.497 e. The zero-order valence-electron chi connectivity index (χ0n) is 19.4. The average Bonchev–Trinajstić information content (AvgIpc) is 3.18. The van der Waals surface area contributed by atoms with E-state index in [9.17, 15) is 22.8 Å². The van der Waals surface area contributed by atoms with Crippen molar-refractivity contribution < 1.29 is 32.2 Å². The van der Waals surface area contributed by atoms with Crippen LogP contribution >= 0.6 is 11.8 Å². The van der Waals surface area contributed by atoms with Crippen molar-refractivity contribution >= 4 is 46.2 Å². The first-order chi connectivity index (χ1) is 17.7. The highest BCUT2D eigenvalue weighted by atomic mass is 32.2. The van der Waals surface area contributed by atoms with Crippen LogP contribution in [0.5, 0.6) is 11.5 Å². The van der Waals surface area contributed by atoms with Crippen LogP contribution in [-0.2, 0) is 9.59 Å². The maximum Gasteiger partial charge on any atom is 0.573 e. The molecule has 7 nitrogen and oxygen atoms in total. The standard InChI is InChI=1S/C26H20F3N3O4S/c1-35-19-13-11-17(12-14-19)15-21-24(34)32(18-7-3-2-4-8-18)25(31-21)37-16-23(33)30-20-9-5-6-10-22(20)36-26(27,28)29/h2-15H,16H2,1H3,(H,30,33). The van der Waals surface area contributed by atoms with E-state index >= 15 is 0 Å². The van der Waals surface area contributed by atoms with Gasteiger partial charge in [-0.15, -0.1) is 13.2 Å². The summed E-state index contributed by atoms with van der Waals surface area (Å²) < 4.78 is 47.2. The van der Waals surface area contributed by atoms with Gasteiger partial charge in [-0.05, 0) is 48.0 Å². The number of aliphatic imine (C=N–C) groups is 1. The fourth-order valence-corrected chi connectivity index (χ4v) is 4.17. The first-order valence-corrected chi connectivity index (χ1v) is 11.8. The van der Waals surface area contributed by atoms with Crippen molar-refractivity contribution in [2.24, 2.45) is 4.99 Å². The molecule has 0 aliphatic carbocycles. The van der Waals surface area contributed by atoms with Crippen LogP contribution in [0.15, 0.2) is 89.6 Å². The van der Waals surface area contributed by atoms with E-state index in [0.29, 0.717) is 11.4 Å². The molecule has 0 saturated carbocycles. The van der Waals surface area contributed by atoms with Crippen LogP contribution in [0.1, 0.15) is 5.56 Å². The summed E-state index contributed by atoms with van der Waals surface area (Å²) in [7, 11) is 1.55. The lowest BCUT2D eigenvalue weighted by Crippen LogP contribution is -2.31. The molecule has 0 atom stereocenters. The van der Waals surface area contributed by atoms with Gasteiger partial charge in [0.25, 0.3) is 5.91 Å². The summed E-state index contributed by atoms with van der Waals surface area (Å²) >= 11 is 0.977. The summed E-state index contributed by atoms with van der Waals surface area (Å²) in [5.41, 5.74) is 1.32. The lowest BCUT2D eigenvalue weighted by molar-refractivity contribution is -0.274. The van der Waals surface area contributed by atoms with Crippen molar-refractivity contribution in [1.82, 2.24) is 0 Å². The number of para-hydroxylation sites is 3. The molecule has 0 aromatic heterocycles. The molecular weight excluding hydrogens is 507 g/mol. The average molecular weight is 528 g/mol. The molecule has 11 heteroatoms. The van der Waals surface area contributed by atoms with Crippen LogP contribution in [0.4, 0.5) is 24.5 Å². The third kappa shape index (κ3) is 6.70. The number of thioether (sulfide) groups is 1. The molecule has 0 spiro atoms. The lowest BCUT2D eigenvalue weighted by atomic mass is 10.2. The lowest BCUT2D eigenvalue weighted by Gasteiger charge is -2.18. The van der Waals surface area contributed by atoms with Crippen LogP contribution in [0.25, 0.3) is 6.08 Å². The Kier molecular flexibility index (Phi) is 7.83. The molecule has 4 rings (SSSR count). The minimum atomic E-state index is -4.91. The molecular formula is C26H20F3N3O4S. The van der Waals surface area contributed by atoms with Gasteiger partial charge in [-0.3, -0.25) is 14.5 Å². The molecule has 1 heterocycles. The number of anilines is 2. The van der Waals surface area contributed by atoms with Gasteiger partial charge in [-0.2, -0.15) is 0 Å². The number of nitrogens with zero attached hydrogens (tertiary/aromatic N) is 2. The molecule has 0 saturated heterocycles.